The Morgan fingerprint density at radius 2 is 1.87 bits per heavy atom. The van der Waals surface area contributed by atoms with E-state index in [4.69, 9.17) is 4.74 Å². The number of fused-ring (bicyclic) bond motifs is 1. The number of hydrogen-bond donors (Lipinski definition) is 4. The first-order chi connectivity index (χ1) is 14.5. The van der Waals surface area contributed by atoms with Crippen molar-refractivity contribution in [3.8, 4) is 0 Å². The molecule has 31 heavy (non-hydrogen) atoms. The topological polar surface area (TPSA) is 119 Å². The number of hydrogen-bond acceptors (Lipinski definition) is 6. The third kappa shape index (κ3) is 4.71. The molecule has 0 aromatic heterocycles. The maximum absolute atomic E-state index is 12.9. The summed E-state index contributed by atoms with van der Waals surface area (Å²) < 4.78 is 5.76. The number of carbonyl (C=O) groups excluding carboxylic acids is 2. The Morgan fingerprint density at radius 3 is 2.45 bits per heavy atom. The highest BCUT2D eigenvalue weighted by molar-refractivity contribution is 5.77. The molecule has 3 fully saturated rings. The van der Waals surface area contributed by atoms with E-state index in [0.717, 1.165) is 0 Å². The van der Waals surface area contributed by atoms with Crippen LogP contribution in [-0.4, -0.2) is 76.3 Å². The lowest BCUT2D eigenvalue weighted by atomic mass is 9.46. The number of aliphatic hydroxyl groups excluding tert-OH is 3. The summed E-state index contributed by atoms with van der Waals surface area (Å²) >= 11 is 0. The lowest BCUT2D eigenvalue weighted by Gasteiger charge is -2.60. The molecule has 1 saturated heterocycles. The van der Waals surface area contributed by atoms with Gasteiger partial charge in [-0.2, -0.15) is 0 Å². The van der Waals surface area contributed by atoms with Gasteiger partial charge in [-0.1, -0.05) is 13.8 Å². The van der Waals surface area contributed by atoms with Crippen molar-refractivity contribution in [2.45, 2.75) is 90.6 Å². The molecule has 8 nitrogen and oxygen atoms in total. The van der Waals surface area contributed by atoms with Crippen molar-refractivity contribution in [3.05, 3.63) is 0 Å². The Kier molecular flexibility index (Phi) is 7.23. The molecule has 0 bridgehead atoms. The Labute approximate surface area is 185 Å². The largest absolute Gasteiger partial charge is 0.446 e. The molecule has 2 aliphatic carbocycles. The maximum Gasteiger partial charge on any atom is 0.407 e. The Morgan fingerprint density at radius 1 is 1.16 bits per heavy atom. The van der Waals surface area contributed by atoms with Gasteiger partial charge in [0.1, 0.15) is 6.10 Å². The van der Waals surface area contributed by atoms with Crippen LogP contribution in [-0.2, 0) is 9.53 Å². The number of carbonyl (C=O) groups is 2. The number of alkyl carbamates (subject to hydrolysis) is 1. The molecule has 0 aromatic rings. The van der Waals surface area contributed by atoms with Crippen molar-refractivity contribution >= 4 is 12.0 Å². The number of rotatable bonds is 5. The molecule has 1 heterocycles. The molecule has 3 rings (SSSR count). The van der Waals surface area contributed by atoms with Gasteiger partial charge < -0.3 is 30.3 Å². The van der Waals surface area contributed by atoms with Gasteiger partial charge in [-0.05, 0) is 63.2 Å². The highest BCUT2D eigenvalue weighted by atomic mass is 16.6. The molecular formula is C23H40N2O6. The summed E-state index contributed by atoms with van der Waals surface area (Å²) in [5.74, 6) is -0.239. The second-order valence-electron chi connectivity index (χ2n) is 10.7. The highest BCUT2D eigenvalue weighted by Crippen LogP contribution is 2.61. The smallest absolute Gasteiger partial charge is 0.407 e. The Hall–Kier alpha value is -1.38. The molecule has 0 aromatic carbocycles. The first kappa shape index (κ1) is 24.3. The summed E-state index contributed by atoms with van der Waals surface area (Å²) in [4.78, 5) is 26.9. The van der Waals surface area contributed by atoms with Crippen LogP contribution in [0.4, 0.5) is 4.79 Å². The quantitative estimate of drug-likeness (QED) is 0.516. The fourth-order valence-corrected chi connectivity index (χ4v) is 6.46. The van der Waals surface area contributed by atoms with Crippen LogP contribution in [0.2, 0.25) is 0 Å². The molecule has 7 unspecified atom stereocenters. The van der Waals surface area contributed by atoms with Crippen molar-refractivity contribution < 1.29 is 29.6 Å². The first-order valence-electron chi connectivity index (χ1n) is 11.7. The van der Waals surface area contributed by atoms with Crippen LogP contribution < -0.4 is 5.32 Å². The van der Waals surface area contributed by atoms with Gasteiger partial charge in [0.25, 0.3) is 0 Å². The summed E-state index contributed by atoms with van der Waals surface area (Å²) in [7, 11) is 0. The van der Waals surface area contributed by atoms with Crippen molar-refractivity contribution in [2.24, 2.45) is 22.7 Å². The zero-order valence-electron chi connectivity index (χ0n) is 19.3. The van der Waals surface area contributed by atoms with E-state index in [1.54, 1.807) is 4.90 Å². The van der Waals surface area contributed by atoms with E-state index in [1.165, 1.54) is 0 Å². The number of aliphatic hydroxyl groups is 3. The number of ether oxygens (including phenoxy) is 1. The van der Waals surface area contributed by atoms with Crippen LogP contribution in [0.1, 0.15) is 66.2 Å². The number of nitrogens with one attached hydrogen (secondary N) is 1. The zero-order valence-corrected chi connectivity index (χ0v) is 19.3. The van der Waals surface area contributed by atoms with Gasteiger partial charge in [-0.15, -0.1) is 0 Å². The summed E-state index contributed by atoms with van der Waals surface area (Å²) in [5.41, 5.74) is -0.996. The molecule has 178 valence electrons. The van der Waals surface area contributed by atoms with Crippen molar-refractivity contribution in [1.82, 2.24) is 10.2 Å². The van der Waals surface area contributed by atoms with Gasteiger partial charge in [-0.3, -0.25) is 4.79 Å². The van der Waals surface area contributed by atoms with Gasteiger partial charge in [0.05, 0.1) is 18.8 Å². The van der Waals surface area contributed by atoms with Gasteiger partial charge in [0.15, 0.2) is 0 Å². The van der Waals surface area contributed by atoms with E-state index in [0.29, 0.717) is 45.2 Å². The van der Waals surface area contributed by atoms with Gasteiger partial charge in [0, 0.05) is 31.0 Å². The first-order valence-corrected chi connectivity index (χ1v) is 11.7. The standard InChI is InChI=1S/C23H40N2O6/c1-14(2)24-21(30)31-19-7-9-22(3)16(11-20(29)25-10-8-15(27)12-25)17(28)5-6-18(22)23(19,4)13-26/h14-19,26-28H,5-13H2,1-4H3,(H,24,30). The van der Waals surface area contributed by atoms with E-state index in [2.05, 4.69) is 12.2 Å². The predicted molar refractivity (Wildman–Crippen MR) is 115 cm³/mol. The van der Waals surface area contributed by atoms with Crippen LogP contribution in [0.25, 0.3) is 0 Å². The Balaban J connectivity index is 1.79. The summed E-state index contributed by atoms with van der Waals surface area (Å²) in [6.45, 7) is 8.62. The van der Waals surface area contributed by atoms with E-state index in [1.807, 2.05) is 20.8 Å². The second-order valence-corrected chi connectivity index (χ2v) is 10.7. The number of likely N-dealkylation sites (tertiary alicyclic amines) is 1. The third-order valence-corrected chi connectivity index (χ3v) is 8.24. The minimum absolute atomic E-state index is 0.0148. The normalized spacial score (nSPS) is 40.5. The fourth-order valence-electron chi connectivity index (χ4n) is 6.46. The van der Waals surface area contributed by atoms with Crippen LogP contribution in [0, 0.1) is 22.7 Å². The van der Waals surface area contributed by atoms with Crippen LogP contribution in [0.15, 0.2) is 0 Å². The minimum Gasteiger partial charge on any atom is -0.446 e. The van der Waals surface area contributed by atoms with Crippen LogP contribution >= 0.6 is 0 Å². The molecular weight excluding hydrogens is 400 g/mol. The zero-order chi connectivity index (χ0) is 23.0. The molecule has 2 amide bonds. The summed E-state index contributed by atoms with van der Waals surface area (Å²) in [6.07, 6.45) is 1.45. The molecule has 8 heteroatoms. The average molecular weight is 441 g/mol. The molecule has 4 N–H and O–H groups in total. The van der Waals surface area contributed by atoms with E-state index >= 15 is 0 Å². The van der Waals surface area contributed by atoms with E-state index in [9.17, 15) is 24.9 Å². The molecule has 7 atom stereocenters. The monoisotopic (exact) mass is 440 g/mol. The van der Waals surface area contributed by atoms with Crippen LogP contribution in [0.3, 0.4) is 0 Å². The van der Waals surface area contributed by atoms with Crippen molar-refractivity contribution in [2.75, 3.05) is 19.7 Å². The molecule has 2 saturated carbocycles. The number of amides is 2. The minimum atomic E-state index is -0.646. The number of β-amino-alcohol motifs (C(OH)–C–C–N with tert-alkyl or cyclic N) is 1. The lowest BCUT2D eigenvalue weighted by Crippen LogP contribution is -2.61. The van der Waals surface area contributed by atoms with Crippen molar-refractivity contribution in [3.63, 3.8) is 0 Å². The second kappa shape index (κ2) is 9.24. The predicted octanol–water partition coefficient (Wildman–Crippen LogP) is 1.66. The van der Waals surface area contributed by atoms with Crippen molar-refractivity contribution in [1.29, 1.82) is 0 Å². The van der Waals surface area contributed by atoms with Gasteiger partial charge in [0.2, 0.25) is 5.91 Å². The Bertz CT molecular complexity index is 672. The number of nitrogens with zero attached hydrogens (tertiary/aromatic N) is 1. The summed E-state index contributed by atoms with van der Waals surface area (Å²) in [6, 6.07) is -0.0361. The lowest BCUT2D eigenvalue weighted by molar-refractivity contribution is -0.187. The third-order valence-electron chi connectivity index (χ3n) is 8.24. The summed E-state index contributed by atoms with van der Waals surface area (Å²) in [5, 5.41) is 33.9. The SMILES string of the molecule is CC(C)NC(=O)OC1CCC2(C)C(CC(=O)N3CCC(O)C3)C(O)CCC2C1(C)CO. The molecule has 3 aliphatic rings. The molecule has 0 radical (unpaired) electrons. The average Bonchev–Trinajstić information content (AvgIpc) is 3.13. The molecule has 0 spiro atoms. The molecule has 1 aliphatic heterocycles. The van der Waals surface area contributed by atoms with Gasteiger partial charge >= 0.3 is 6.09 Å². The van der Waals surface area contributed by atoms with E-state index in [-0.39, 0.29) is 42.2 Å². The van der Waals surface area contributed by atoms with Crippen LogP contribution in [0.5, 0.6) is 0 Å². The van der Waals surface area contributed by atoms with E-state index < -0.39 is 29.8 Å². The van der Waals surface area contributed by atoms with Gasteiger partial charge in [-0.25, -0.2) is 4.79 Å². The fraction of sp³-hybridized carbons (Fsp3) is 0.913. The highest BCUT2D eigenvalue weighted by Gasteiger charge is 2.60. The maximum atomic E-state index is 12.9.